The van der Waals surface area contributed by atoms with Gasteiger partial charge in [0.15, 0.2) is 5.96 Å². The summed E-state index contributed by atoms with van der Waals surface area (Å²) in [5.74, 6) is 1.17. The number of rotatable bonds is 10. The second kappa shape index (κ2) is 13.3. The number of guanidine groups is 1. The molecular weight excluding hydrogens is 457 g/mol. The first kappa shape index (κ1) is 23.2. The average molecular weight is 485 g/mol. The molecule has 0 saturated carbocycles. The van der Waals surface area contributed by atoms with E-state index in [1.54, 1.807) is 7.11 Å². The Hall–Kier alpha value is -1.84. The Morgan fingerprint density at radius 3 is 2.44 bits per heavy atom. The van der Waals surface area contributed by atoms with Crippen molar-refractivity contribution in [2.45, 2.75) is 20.1 Å². The van der Waals surface area contributed by atoms with E-state index in [2.05, 4.69) is 16.4 Å². The number of hydrogen-bond donors (Lipinski definition) is 2. The molecule has 0 unspecified atom stereocenters. The van der Waals surface area contributed by atoms with Crippen LogP contribution in [0, 0.1) is 0 Å². The highest BCUT2D eigenvalue weighted by Crippen LogP contribution is 2.14. The summed E-state index contributed by atoms with van der Waals surface area (Å²) >= 11 is 0. The van der Waals surface area contributed by atoms with Gasteiger partial charge in [-0.1, -0.05) is 24.3 Å². The van der Waals surface area contributed by atoms with E-state index in [0.717, 1.165) is 22.6 Å². The first-order chi connectivity index (χ1) is 12.7. The standard InChI is InChI=1S/C20H27N3O3.HI/c1-3-25-11-12-26-15-17-6-4-5-16(13-17)14-22-20(21)23-18-7-9-19(24-2)10-8-18;/h4-10,13H,3,11-12,14-15H2,1-2H3,(H3,21,22,23);1H. The second-order valence-electron chi connectivity index (χ2n) is 5.62. The van der Waals surface area contributed by atoms with Gasteiger partial charge in [0.25, 0.3) is 0 Å². The SMILES string of the molecule is CCOCCOCc1cccc(CN=C(N)Nc2ccc(OC)cc2)c1.I. The highest BCUT2D eigenvalue weighted by Gasteiger charge is 1.99. The average Bonchev–Trinajstić information content (AvgIpc) is 2.67. The lowest BCUT2D eigenvalue weighted by molar-refractivity contribution is 0.0453. The lowest BCUT2D eigenvalue weighted by atomic mass is 10.1. The molecule has 2 aromatic carbocycles. The van der Waals surface area contributed by atoms with Crippen LogP contribution in [-0.4, -0.2) is 32.9 Å². The zero-order valence-corrected chi connectivity index (χ0v) is 18.1. The van der Waals surface area contributed by atoms with Crippen LogP contribution in [0.3, 0.4) is 0 Å². The fraction of sp³-hybridized carbons (Fsp3) is 0.350. The van der Waals surface area contributed by atoms with Crippen molar-refractivity contribution in [2.24, 2.45) is 10.7 Å². The molecule has 0 aliphatic rings. The lowest BCUT2D eigenvalue weighted by Gasteiger charge is -2.08. The number of halogens is 1. The summed E-state index contributed by atoms with van der Waals surface area (Å²) in [6.07, 6.45) is 0. The van der Waals surface area contributed by atoms with Crippen molar-refractivity contribution in [3.8, 4) is 5.75 Å². The van der Waals surface area contributed by atoms with Gasteiger partial charge in [-0.3, -0.25) is 0 Å². The first-order valence-corrected chi connectivity index (χ1v) is 8.65. The van der Waals surface area contributed by atoms with Gasteiger partial charge in [-0.05, 0) is 42.3 Å². The van der Waals surface area contributed by atoms with E-state index in [9.17, 15) is 0 Å². The van der Waals surface area contributed by atoms with Crippen molar-refractivity contribution in [2.75, 3.05) is 32.2 Å². The van der Waals surface area contributed by atoms with Crippen LogP contribution >= 0.6 is 24.0 Å². The number of nitrogens with zero attached hydrogens (tertiary/aromatic N) is 1. The van der Waals surface area contributed by atoms with Crippen LogP contribution in [0.25, 0.3) is 0 Å². The minimum atomic E-state index is 0. The third-order valence-electron chi connectivity index (χ3n) is 3.63. The van der Waals surface area contributed by atoms with Gasteiger partial charge in [-0.15, -0.1) is 24.0 Å². The predicted molar refractivity (Wildman–Crippen MR) is 120 cm³/mol. The molecule has 0 saturated heterocycles. The molecule has 0 radical (unpaired) electrons. The van der Waals surface area contributed by atoms with Gasteiger partial charge >= 0.3 is 0 Å². The van der Waals surface area contributed by atoms with E-state index >= 15 is 0 Å². The van der Waals surface area contributed by atoms with E-state index in [1.165, 1.54) is 0 Å². The van der Waals surface area contributed by atoms with Gasteiger partial charge in [-0.2, -0.15) is 0 Å². The Balaban J connectivity index is 0.00000364. The molecule has 7 heteroatoms. The third-order valence-corrected chi connectivity index (χ3v) is 3.63. The lowest BCUT2D eigenvalue weighted by Crippen LogP contribution is -2.22. The quantitative estimate of drug-likeness (QED) is 0.232. The van der Waals surface area contributed by atoms with Crippen molar-refractivity contribution in [1.29, 1.82) is 0 Å². The monoisotopic (exact) mass is 485 g/mol. The molecule has 2 aromatic rings. The molecule has 0 aromatic heterocycles. The van der Waals surface area contributed by atoms with E-state index in [-0.39, 0.29) is 24.0 Å². The molecule has 0 spiro atoms. The number of hydrogen-bond acceptors (Lipinski definition) is 4. The van der Waals surface area contributed by atoms with Crippen molar-refractivity contribution in [3.05, 3.63) is 59.7 Å². The highest BCUT2D eigenvalue weighted by atomic mass is 127. The number of anilines is 1. The molecule has 0 bridgehead atoms. The van der Waals surface area contributed by atoms with Crippen molar-refractivity contribution >= 4 is 35.6 Å². The Labute approximate surface area is 178 Å². The Bertz CT molecular complexity index is 693. The summed E-state index contributed by atoms with van der Waals surface area (Å²) in [5.41, 5.74) is 9.01. The molecule has 0 aliphatic carbocycles. The molecule has 0 atom stereocenters. The summed E-state index contributed by atoms with van der Waals surface area (Å²) in [4.78, 5) is 4.39. The summed E-state index contributed by atoms with van der Waals surface area (Å²) in [6.45, 7) is 4.96. The molecule has 0 aliphatic heterocycles. The topological polar surface area (TPSA) is 78.1 Å². The van der Waals surface area contributed by atoms with Crippen LogP contribution < -0.4 is 15.8 Å². The maximum absolute atomic E-state index is 5.96. The molecule has 2 rings (SSSR count). The summed E-state index contributed by atoms with van der Waals surface area (Å²) in [6, 6.07) is 15.6. The Morgan fingerprint density at radius 2 is 1.74 bits per heavy atom. The number of ether oxygens (including phenoxy) is 3. The minimum Gasteiger partial charge on any atom is -0.497 e. The number of nitrogens with one attached hydrogen (secondary N) is 1. The normalized spacial score (nSPS) is 11.0. The molecule has 148 valence electrons. The van der Waals surface area contributed by atoms with Crippen LogP contribution in [0.15, 0.2) is 53.5 Å². The molecule has 3 N–H and O–H groups in total. The Morgan fingerprint density at radius 1 is 1.04 bits per heavy atom. The number of benzene rings is 2. The maximum Gasteiger partial charge on any atom is 0.193 e. The van der Waals surface area contributed by atoms with E-state index in [1.807, 2.05) is 49.4 Å². The van der Waals surface area contributed by atoms with Crippen LogP contribution in [-0.2, 0) is 22.6 Å². The summed E-state index contributed by atoms with van der Waals surface area (Å²) in [7, 11) is 1.64. The molecular formula is C20H28IN3O3. The van der Waals surface area contributed by atoms with Gasteiger partial charge < -0.3 is 25.3 Å². The second-order valence-corrected chi connectivity index (χ2v) is 5.62. The van der Waals surface area contributed by atoms with Crippen LogP contribution in [0.2, 0.25) is 0 Å². The van der Waals surface area contributed by atoms with Crippen LogP contribution in [0.1, 0.15) is 18.1 Å². The fourth-order valence-electron chi connectivity index (χ4n) is 2.31. The van der Waals surface area contributed by atoms with Gasteiger partial charge in [0.1, 0.15) is 5.75 Å². The molecule has 0 fully saturated rings. The largest absolute Gasteiger partial charge is 0.497 e. The summed E-state index contributed by atoms with van der Waals surface area (Å²) in [5, 5.41) is 3.07. The third kappa shape index (κ3) is 9.07. The maximum atomic E-state index is 5.96. The minimum absolute atomic E-state index is 0. The predicted octanol–water partition coefficient (Wildman–Crippen LogP) is 3.79. The number of methoxy groups -OCH3 is 1. The van der Waals surface area contributed by atoms with Crippen LogP contribution in [0.5, 0.6) is 5.75 Å². The van der Waals surface area contributed by atoms with E-state index in [0.29, 0.717) is 38.9 Å². The molecule has 27 heavy (non-hydrogen) atoms. The zero-order valence-electron chi connectivity index (χ0n) is 15.8. The number of nitrogens with two attached hydrogens (primary N) is 1. The first-order valence-electron chi connectivity index (χ1n) is 8.65. The summed E-state index contributed by atoms with van der Waals surface area (Å²) < 4.78 is 16.0. The zero-order chi connectivity index (χ0) is 18.6. The van der Waals surface area contributed by atoms with E-state index < -0.39 is 0 Å². The van der Waals surface area contributed by atoms with Crippen molar-refractivity contribution in [1.82, 2.24) is 0 Å². The van der Waals surface area contributed by atoms with E-state index in [4.69, 9.17) is 19.9 Å². The van der Waals surface area contributed by atoms with Crippen LogP contribution in [0.4, 0.5) is 5.69 Å². The van der Waals surface area contributed by atoms with Gasteiger partial charge in [-0.25, -0.2) is 4.99 Å². The fourth-order valence-corrected chi connectivity index (χ4v) is 2.31. The molecule has 6 nitrogen and oxygen atoms in total. The molecule has 0 heterocycles. The van der Waals surface area contributed by atoms with Gasteiger partial charge in [0.2, 0.25) is 0 Å². The smallest absolute Gasteiger partial charge is 0.193 e. The Kier molecular flexibility index (Phi) is 11.5. The van der Waals surface area contributed by atoms with Gasteiger partial charge in [0.05, 0.1) is 33.5 Å². The van der Waals surface area contributed by atoms with Gasteiger partial charge in [0, 0.05) is 12.3 Å². The number of aliphatic imine (C=N–C) groups is 1. The van der Waals surface area contributed by atoms with Crippen molar-refractivity contribution < 1.29 is 14.2 Å². The molecule has 0 amide bonds. The van der Waals surface area contributed by atoms with Crippen molar-refractivity contribution in [3.63, 3.8) is 0 Å². The highest BCUT2D eigenvalue weighted by molar-refractivity contribution is 14.0.